The minimum atomic E-state index is -0.433. The van der Waals surface area contributed by atoms with Crippen LogP contribution in [0.2, 0.25) is 0 Å². The van der Waals surface area contributed by atoms with Gasteiger partial charge in [-0.25, -0.2) is 0 Å². The van der Waals surface area contributed by atoms with Crippen LogP contribution in [0.3, 0.4) is 0 Å². The number of thiophene rings is 1. The summed E-state index contributed by atoms with van der Waals surface area (Å²) in [6.07, 6.45) is 4.31. The van der Waals surface area contributed by atoms with E-state index in [2.05, 4.69) is 15.2 Å². The van der Waals surface area contributed by atoms with E-state index in [4.69, 9.17) is 0 Å². The van der Waals surface area contributed by atoms with Crippen molar-refractivity contribution < 1.29 is 9.90 Å². The Kier molecular flexibility index (Phi) is 4.81. The van der Waals surface area contributed by atoms with Gasteiger partial charge in [0.05, 0.1) is 17.4 Å². The molecule has 26 heavy (non-hydrogen) atoms. The lowest BCUT2D eigenvalue weighted by Crippen LogP contribution is -2.55. The molecule has 2 saturated heterocycles. The molecule has 140 valence electrons. The molecule has 1 unspecified atom stereocenters. The van der Waals surface area contributed by atoms with Crippen LogP contribution >= 0.6 is 11.3 Å². The van der Waals surface area contributed by atoms with E-state index in [0.29, 0.717) is 6.54 Å². The number of aliphatic hydroxyl groups excluding tert-OH is 1. The van der Waals surface area contributed by atoms with Crippen molar-refractivity contribution in [1.82, 2.24) is 24.8 Å². The Bertz CT molecular complexity index is 751. The first-order valence-electron chi connectivity index (χ1n) is 9.10. The molecule has 0 bridgehead atoms. The summed E-state index contributed by atoms with van der Waals surface area (Å²) in [4.78, 5) is 17.0. The van der Waals surface area contributed by atoms with E-state index in [9.17, 15) is 9.90 Å². The molecule has 2 aliphatic rings. The molecule has 1 spiro atoms. The van der Waals surface area contributed by atoms with E-state index in [1.54, 1.807) is 4.68 Å². The molecule has 7 nitrogen and oxygen atoms in total. The van der Waals surface area contributed by atoms with Crippen molar-refractivity contribution in [1.29, 1.82) is 0 Å². The van der Waals surface area contributed by atoms with E-state index >= 15 is 0 Å². The molecule has 2 aromatic heterocycles. The minimum Gasteiger partial charge on any atom is -0.391 e. The average Bonchev–Trinajstić information content (AvgIpc) is 3.28. The van der Waals surface area contributed by atoms with Crippen LogP contribution < -0.4 is 0 Å². The molecule has 2 aromatic rings. The molecule has 4 rings (SSSR count). The number of β-amino-alcohol motifs (C(OH)–C–C–N with tert-alkyl or cyclic N) is 1. The van der Waals surface area contributed by atoms with Crippen molar-refractivity contribution in [3.8, 4) is 0 Å². The van der Waals surface area contributed by atoms with E-state index < -0.39 is 6.10 Å². The number of hydrogen-bond acceptors (Lipinski definition) is 6. The number of piperidine rings is 2. The maximum atomic E-state index is 12.7. The number of likely N-dealkylation sites (tertiary alicyclic amines) is 2. The van der Waals surface area contributed by atoms with Gasteiger partial charge in [0.25, 0.3) is 5.91 Å². The number of aryl methyl sites for hydroxylation is 1. The topological polar surface area (TPSA) is 74.5 Å². The molecule has 4 heterocycles. The molecule has 2 fully saturated rings. The number of hydrogen-bond donors (Lipinski definition) is 1. The van der Waals surface area contributed by atoms with Crippen LogP contribution in [0.15, 0.2) is 23.0 Å². The normalized spacial score (nSPS) is 23.5. The van der Waals surface area contributed by atoms with E-state index in [-0.39, 0.29) is 11.3 Å². The molecule has 0 aromatic carbocycles. The fourth-order valence-corrected chi connectivity index (χ4v) is 4.95. The zero-order chi connectivity index (χ0) is 18.1. The van der Waals surface area contributed by atoms with Crippen LogP contribution in [0.1, 0.15) is 35.3 Å². The highest BCUT2D eigenvalue weighted by Gasteiger charge is 2.43. The maximum absolute atomic E-state index is 12.7. The van der Waals surface area contributed by atoms with Gasteiger partial charge in [-0.2, -0.15) is 11.3 Å². The predicted molar refractivity (Wildman–Crippen MR) is 98.8 cm³/mol. The summed E-state index contributed by atoms with van der Waals surface area (Å²) in [5, 5.41) is 22.4. The second kappa shape index (κ2) is 7.09. The van der Waals surface area contributed by atoms with Crippen molar-refractivity contribution in [2.75, 3.05) is 26.2 Å². The Labute approximate surface area is 157 Å². The van der Waals surface area contributed by atoms with Gasteiger partial charge >= 0.3 is 0 Å². The number of rotatable bonds is 3. The molecule has 1 atom stereocenters. The highest BCUT2D eigenvalue weighted by atomic mass is 32.1. The summed E-state index contributed by atoms with van der Waals surface area (Å²) in [6, 6.07) is 1.87. The number of carbonyl (C=O) groups is 1. The fraction of sp³-hybridized carbons (Fsp3) is 0.611. The fourth-order valence-electron chi connectivity index (χ4n) is 4.32. The third kappa shape index (κ3) is 3.67. The Morgan fingerprint density at radius 3 is 2.88 bits per heavy atom. The van der Waals surface area contributed by atoms with Gasteiger partial charge in [-0.15, -0.1) is 5.10 Å². The number of amides is 1. The minimum absolute atomic E-state index is 0.0300. The number of aromatic nitrogens is 3. The molecular weight excluding hydrogens is 350 g/mol. The summed E-state index contributed by atoms with van der Waals surface area (Å²) in [6.45, 7) is 3.93. The SMILES string of the molecule is Cn1cc(CN2CCC3(CC2)CC(O)CN(C(=O)c2ccsc2)C3)nn1. The molecule has 0 saturated carbocycles. The Morgan fingerprint density at radius 2 is 2.23 bits per heavy atom. The lowest BCUT2D eigenvalue weighted by Gasteiger charge is -2.49. The monoisotopic (exact) mass is 375 g/mol. The highest BCUT2D eigenvalue weighted by Crippen LogP contribution is 2.40. The largest absolute Gasteiger partial charge is 0.391 e. The van der Waals surface area contributed by atoms with E-state index in [0.717, 1.165) is 56.7 Å². The van der Waals surface area contributed by atoms with Gasteiger partial charge in [-0.05, 0) is 49.2 Å². The van der Waals surface area contributed by atoms with Gasteiger partial charge < -0.3 is 10.0 Å². The number of aliphatic hydroxyl groups is 1. The lowest BCUT2D eigenvalue weighted by molar-refractivity contribution is -0.0338. The van der Waals surface area contributed by atoms with Crippen LogP contribution in [0, 0.1) is 5.41 Å². The maximum Gasteiger partial charge on any atom is 0.254 e. The average molecular weight is 375 g/mol. The second-order valence-corrected chi connectivity index (χ2v) is 8.50. The Balaban J connectivity index is 1.39. The van der Waals surface area contributed by atoms with Crippen LogP contribution in [0.4, 0.5) is 0 Å². The van der Waals surface area contributed by atoms with E-state index in [1.807, 2.05) is 35.0 Å². The number of nitrogens with zero attached hydrogens (tertiary/aromatic N) is 5. The summed E-state index contributed by atoms with van der Waals surface area (Å²) in [5.41, 5.74) is 1.75. The van der Waals surface area contributed by atoms with Crippen molar-refractivity contribution in [3.63, 3.8) is 0 Å². The van der Waals surface area contributed by atoms with E-state index in [1.165, 1.54) is 11.3 Å². The molecular formula is C18H25N5O2S. The lowest BCUT2D eigenvalue weighted by atomic mass is 9.71. The Morgan fingerprint density at radius 1 is 1.42 bits per heavy atom. The van der Waals surface area contributed by atoms with Gasteiger partial charge in [0.15, 0.2) is 0 Å². The quantitative estimate of drug-likeness (QED) is 0.877. The molecule has 2 aliphatic heterocycles. The summed E-state index contributed by atoms with van der Waals surface area (Å²) < 4.78 is 1.73. The van der Waals surface area contributed by atoms with Crippen molar-refractivity contribution >= 4 is 17.2 Å². The van der Waals surface area contributed by atoms with Crippen LogP contribution in [-0.2, 0) is 13.6 Å². The van der Waals surface area contributed by atoms with Gasteiger partial charge in [0, 0.05) is 38.3 Å². The molecule has 0 aliphatic carbocycles. The zero-order valence-corrected chi connectivity index (χ0v) is 15.9. The van der Waals surface area contributed by atoms with Gasteiger partial charge in [-0.3, -0.25) is 14.4 Å². The number of carbonyl (C=O) groups excluding carboxylic acids is 1. The first-order chi connectivity index (χ1) is 12.5. The predicted octanol–water partition coefficient (Wildman–Crippen LogP) is 1.37. The summed E-state index contributed by atoms with van der Waals surface area (Å²) >= 11 is 1.53. The van der Waals surface area contributed by atoms with Crippen LogP contribution in [-0.4, -0.2) is 68.1 Å². The summed E-state index contributed by atoms with van der Waals surface area (Å²) in [5.74, 6) is 0.0476. The first kappa shape index (κ1) is 17.6. The smallest absolute Gasteiger partial charge is 0.254 e. The standard InChI is InChI=1S/C18H25N5O2S/c1-21-9-15(19-20-21)10-22-5-3-18(4-6-22)8-16(24)11-23(13-18)17(25)14-2-7-26-12-14/h2,7,9,12,16,24H,3-6,8,10-11,13H2,1H3. The van der Waals surface area contributed by atoms with Crippen molar-refractivity contribution in [2.45, 2.75) is 31.9 Å². The third-order valence-electron chi connectivity index (χ3n) is 5.63. The van der Waals surface area contributed by atoms with Crippen molar-refractivity contribution in [2.24, 2.45) is 12.5 Å². The Hall–Kier alpha value is -1.77. The molecule has 8 heteroatoms. The molecule has 0 radical (unpaired) electrons. The van der Waals surface area contributed by atoms with Crippen LogP contribution in [0.5, 0.6) is 0 Å². The third-order valence-corrected chi connectivity index (χ3v) is 6.32. The molecule has 1 N–H and O–H groups in total. The zero-order valence-electron chi connectivity index (χ0n) is 15.0. The first-order valence-corrected chi connectivity index (χ1v) is 10.0. The van der Waals surface area contributed by atoms with Gasteiger partial charge in [0.1, 0.15) is 0 Å². The molecule has 1 amide bonds. The second-order valence-electron chi connectivity index (χ2n) is 7.72. The highest BCUT2D eigenvalue weighted by molar-refractivity contribution is 7.08. The summed E-state index contributed by atoms with van der Waals surface area (Å²) in [7, 11) is 1.88. The van der Waals surface area contributed by atoms with Crippen molar-refractivity contribution in [3.05, 3.63) is 34.3 Å². The van der Waals surface area contributed by atoms with Gasteiger partial charge in [0.2, 0.25) is 0 Å². The van der Waals surface area contributed by atoms with Crippen LogP contribution in [0.25, 0.3) is 0 Å². The van der Waals surface area contributed by atoms with Gasteiger partial charge in [-0.1, -0.05) is 5.21 Å².